The highest BCUT2D eigenvalue weighted by molar-refractivity contribution is 5.88. The molecule has 0 N–H and O–H groups in total. The minimum atomic E-state index is 0.207. The number of hydrogen-bond acceptors (Lipinski definition) is 1. The third-order valence-electron chi connectivity index (χ3n) is 3.37. The maximum Gasteiger partial charge on any atom is 0.139 e. The molecule has 0 radical (unpaired) electrons. The lowest BCUT2D eigenvalue weighted by atomic mass is 9.85. The van der Waals surface area contributed by atoms with Crippen molar-refractivity contribution in [3.8, 4) is 0 Å². The molecule has 0 aromatic heterocycles. The molecule has 0 aromatic carbocycles. The second-order valence-corrected chi connectivity index (χ2v) is 3.73. The van der Waals surface area contributed by atoms with Crippen LogP contribution in [0.3, 0.4) is 0 Å². The zero-order chi connectivity index (χ0) is 7.19. The Morgan fingerprint density at radius 1 is 1.70 bits per heavy atom. The van der Waals surface area contributed by atoms with Crippen LogP contribution in [0, 0.1) is 11.3 Å². The average molecular weight is 138 g/mol. The van der Waals surface area contributed by atoms with E-state index in [0.717, 1.165) is 25.2 Å². The fraction of sp³-hybridized carbons (Fsp3) is 0.889. The highest BCUT2D eigenvalue weighted by Gasteiger charge is 2.58. The van der Waals surface area contributed by atoms with E-state index in [2.05, 4.69) is 6.92 Å². The Labute approximate surface area is 61.8 Å². The fourth-order valence-electron chi connectivity index (χ4n) is 2.49. The van der Waals surface area contributed by atoms with Gasteiger partial charge < -0.3 is 0 Å². The summed E-state index contributed by atoms with van der Waals surface area (Å²) < 4.78 is 0. The number of carbonyl (C=O) groups excluding carboxylic acids is 1. The molecule has 56 valence electrons. The van der Waals surface area contributed by atoms with Gasteiger partial charge in [-0.3, -0.25) is 4.79 Å². The molecule has 1 heteroatoms. The van der Waals surface area contributed by atoms with E-state index < -0.39 is 0 Å². The monoisotopic (exact) mass is 138 g/mol. The molecule has 10 heavy (non-hydrogen) atoms. The Balaban J connectivity index is 2.17. The van der Waals surface area contributed by atoms with Gasteiger partial charge in [0.2, 0.25) is 0 Å². The molecule has 2 rings (SSSR count). The number of ketones is 1. The van der Waals surface area contributed by atoms with Gasteiger partial charge in [0, 0.05) is 11.8 Å². The van der Waals surface area contributed by atoms with Crippen LogP contribution in [-0.2, 0) is 4.79 Å². The molecule has 0 unspecified atom stereocenters. The van der Waals surface area contributed by atoms with Crippen molar-refractivity contribution in [2.24, 2.45) is 11.3 Å². The number of Topliss-reactive ketones (excluding diaryl/α,β-unsaturated/α-hetero) is 1. The van der Waals surface area contributed by atoms with Crippen LogP contribution in [0.5, 0.6) is 0 Å². The maximum absolute atomic E-state index is 11.4. The lowest BCUT2D eigenvalue weighted by molar-refractivity contribution is -0.126. The molecule has 2 aliphatic carbocycles. The van der Waals surface area contributed by atoms with Crippen LogP contribution in [0.1, 0.15) is 39.0 Å². The van der Waals surface area contributed by atoms with Gasteiger partial charge in [-0.1, -0.05) is 6.92 Å². The van der Waals surface area contributed by atoms with E-state index in [4.69, 9.17) is 0 Å². The lowest BCUT2D eigenvalue weighted by Gasteiger charge is -2.18. The first kappa shape index (κ1) is 6.38. The molecule has 2 saturated carbocycles. The summed E-state index contributed by atoms with van der Waals surface area (Å²) in [5.74, 6) is 1.35. The molecule has 2 fully saturated rings. The third kappa shape index (κ3) is 0.609. The molecule has 2 aliphatic rings. The first-order valence-electron chi connectivity index (χ1n) is 4.33. The van der Waals surface area contributed by atoms with Crippen molar-refractivity contribution < 1.29 is 4.79 Å². The number of hydrogen-bond donors (Lipinski definition) is 0. The van der Waals surface area contributed by atoms with Crippen LogP contribution in [-0.4, -0.2) is 5.78 Å². The quantitative estimate of drug-likeness (QED) is 0.542. The fourth-order valence-corrected chi connectivity index (χ4v) is 2.49. The van der Waals surface area contributed by atoms with Gasteiger partial charge in [0.15, 0.2) is 0 Å². The van der Waals surface area contributed by atoms with E-state index in [9.17, 15) is 4.79 Å². The van der Waals surface area contributed by atoms with Gasteiger partial charge in [-0.2, -0.15) is 0 Å². The molecule has 0 aromatic rings. The van der Waals surface area contributed by atoms with Crippen LogP contribution >= 0.6 is 0 Å². The SMILES string of the molecule is CC[C@]12C[C@@H]1CCCC2=O. The summed E-state index contributed by atoms with van der Waals surface area (Å²) in [6.07, 6.45) is 5.65. The first-order chi connectivity index (χ1) is 4.79. The topological polar surface area (TPSA) is 17.1 Å². The summed E-state index contributed by atoms with van der Waals surface area (Å²) in [5, 5.41) is 0. The summed E-state index contributed by atoms with van der Waals surface area (Å²) >= 11 is 0. The van der Waals surface area contributed by atoms with Gasteiger partial charge in [-0.25, -0.2) is 0 Å². The summed E-state index contributed by atoms with van der Waals surface area (Å²) in [5.41, 5.74) is 0.207. The Morgan fingerprint density at radius 3 is 3.00 bits per heavy atom. The van der Waals surface area contributed by atoms with E-state index in [0.29, 0.717) is 5.78 Å². The predicted octanol–water partition coefficient (Wildman–Crippen LogP) is 2.16. The van der Waals surface area contributed by atoms with Gasteiger partial charge >= 0.3 is 0 Å². The highest BCUT2D eigenvalue weighted by atomic mass is 16.1. The van der Waals surface area contributed by atoms with E-state index in [1.54, 1.807) is 0 Å². The normalized spacial score (nSPS) is 44.9. The van der Waals surface area contributed by atoms with Crippen molar-refractivity contribution in [1.29, 1.82) is 0 Å². The van der Waals surface area contributed by atoms with Crippen molar-refractivity contribution in [3.63, 3.8) is 0 Å². The zero-order valence-corrected chi connectivity index (χ0v) is 6.52. The molecule has 0 heterocycles. The van der Waals surface area contributed by atoms with Crippen LogP contribution in [0.15, 0.2) is 0 Å². The summed E-state index contributed by atoms with van der Waals surface area (Å²) in [7, 11) is 0. The Morgan fingerprint density at radius 2 is 2.50 bits per heavy atom. The number of carbonyl (C=O) groups is 1. The van der Waals surface area contributed by atoms with Crippen LogP contribution < -0.4 is 0 Å². The van der Waals surface area contributed by atoms with Gasteiger partial charge in [-0.15, -0.1) is 0 Å². The Hall–Kier alpha value is -0.330. The molecule has 0 aliphatic heterocycles. The highest BCUT2D eigenvalue weighted by Crippen LogP contribution is 2.61. The minimum absolute atomic E-state index is 0.207. The summed E-state index contributed by atoms with van der Waals surface area (Å²) in [6, 6.07) is 0. The minimum Gasteiger partial charge on any atom is -0.299 e. The molecular weight excluding hydrogens is 124 g/mol. The molecule has 0 saturated heterocycles. The predicted molar refractivity (Wildman–Crippen MR) is 39.7 cm³/mol. The smallest absolute Gasteiger partial charge is 0.139 e. The van der Waals surface area contributed by atoms with Crippen LogP contribution in [0.2, 0.25) is 0 Å². The summed E-state index contributed by atoms with van der Waals surface area (Å²) in [4.78, 5) is 11.4. The van der Waals surface area contributed by atoms with Gasteiger partial charge in [0.05, 0.1) is 0 Å². The molecule has 0 amide bonds. The van der Waals surface area contributed by atoms with E-state index in [1.165, 1.54) is 12.8 Å². The van der Waals surface area contributed by atoms with Gasteiger partial charge in [0.1, 0.15) is 5.78 Å². The second kappa shape index (κ2) is 1.84. The second-order valence-electron chi connectivity index (χ2n) is 3.73. The molecule has 2 atom stereocenters. The van der Waals surface area contributed by atoms with Crippen molar-refractivity contribution in [2.75, 3.05) is 0 Å². The lowest BCUT2D eigenvalue weighted by Crippen LogP contribution is -2.20. The van der Waals surface area contributed by atoms with Crippen LogP contribution in [0.4, 0.5) is 0 Å². The van der Waals surface area contributed by atoms with Crippen molar-refractivity contribution >= 4 is 5.78 Å². The molecular formula is C9H14O. The van der Waals surface area contributed by atoms with Crippen molar-refractivity contribution in [3.05, 3.63) is 0 Å². The molecule has 0 bridgehead atoms. The van der Waals surface area contributed by atoms with Gasteiger partial charge in [0.25, 0.3) is 0 Å². The van der Waals surface area contributed by atoms with E-state index in [-0.39, 0.29) is 5.41 Å². The summed E-state index contributed by atoms with van der Waals surface area (Å²) in [6.45, 7) is 2.16. The molecule has 0 spiro atoms. The standard InChI is InChI=1S/C9H14O/c1-2-9-6-7(9)4-3-5-8(9)10/h7H,2-6H2,1H3/t7-,9-/m0/s1. The Kier molecular flexibility index (Phi) is 1.17. The number of fused-ring (bicyclic) bond motifs is 1. The van der Waals surface area contributed by atoms with Crippen LogP contribution in [0.25, 0.3) is 0 Å². The van der Waals surface area contributed by atoms with Crippen molar-refractivity contribution in [2.45, 2.75) is 39.0 Å². The largest absolute Gasteiger partial charge is 0.299 e. The van der Waals surface area contributed by atoms with E-state index in [1.807, 2.05) is 0 Å². The third-order valence-corrected chi connectivity index (χ3v) is 3.37. The van der Waals surface area contributed by atoms with E-state index >= 15 is 0 Å². The zero-order valence-electron chi connectivity index (χ0n) is 6.52. The molecule has 1 nitrogen and oxygen atoms in total. The maximum atomic E-state index is 11.4. The number of rotatable bonds is 1. The Bertz CT molecular complexity index is 174. The average Bonchev–Trinajstić information content (AvgIpc) is 2.65. The first-order valence-corrected chi connectivity index (χ1v) is 4.33. The van der Waals surface area contributed by atoms with Gasteiger partial charge in [-0.05, 0) is 31.6 Å². The van der Waals surface area contributed by atoms with Crippen molar-refractivity contribution in [1.82, 2.24) is 0 Å².